The largest absolute Gasteiger partial charge is 0.490 e. The van der Waals surface area contributed by atoms with Crippen molar-refractivity contribution < 1.29 is 55.4 Å². The number of aliphatic carboxylic acids is 2. The molecular weight excluding hydrogens is 504 g/mol. The minimum absolute atomic E-state index is 0.267. The number of fused-ring (bicyclic) bond motifs is 1. The van der Waals surface area contributed by atoms with E-state index < -0.39 is 24.3 Å². The molecule has 0 saturated carbocycles. The fourth-order valence-electron chi connectivity index (χ4n) is 3.71. The zero-order valence-electron chi connectivity index (χ0n) is 18.4. The second kappa shape index (κ2) is 11.9. The van der Waals surface area contributed by atoms with Crippen molar-refractivity contribution in [2.75, 3.05) is 6.54 Å². The van der Waals surface area contributed by atoms with Gasteiger partial charge in [0.25, 0.3) is 0 Å². The number of halogens is 6. The zero-order valence-corrected chi connectivity index (χ0v) is 18.4. The Morgan fingerprint density at radius 2 is 1.50 bits per heavy atom. The molecule has 1 amide bonds. The Bertz CT molecular complexity index is 989. The Kier molecular flexibility index (Phi) is 9.44. The van der Waals surface area contributed by atoms with Crippen molar-refractivity contribution >= 4 is 17.8 Å². The molecule has 2 aromatic rings. The number of carbonyl (C=O) groups is 3. The summed E-state index contributed by atoms with van der Waals surface area (Å²) in [5, 5.41) is 14.2. The Hall–Kier alpha value is -3.62. The van der Waals surface area contributed by atoms with E-state index in [1.165, 1.54) is 5.56 Å². The number of furan rings is 1. The molecule has 0 spiro atoms. The van der Waals surface area contributed by atoms with Crippen LogP contribution in [0.25, 0.3) is 0 Å². The molecule has 4 rings (SSSR count). The van der Waals surface area contributed by atoms with Gasteiger partial charge in [-0.3, -0.25) is 14.7 Å². The quantitative estimate of drug-likeness (QED) is 0.583. The lowest BCUT2D eigenvalue weighted by molar-refractivity contribution is -0.193. The molecule has 0 bridgehead atoms. The molecule has 2 aliphatic rings. The summed E-state index contributed by atoms with van der Waals surface area (Å²) in [6.07, 6.45) is -1.41. The minimum Gasteiger partial charge on any atom is -0.475 e. The van der Waals surface area contributed by atoms with Crippen LogP contribution < -0.4 is 0 Å². The second-order valence-electron chi connectivity index (χ2n) is 7.71. The highest BCUT2D eigenvalue weighted by Gasteiger charge is 2.46. The summed E-state index contributed by atoms with van der Waals surface area (Å²) in [6, 6.07) is 6.65. The number of carboxylic acid groups (broad SMARTS) is 2. The smallest absolute Gasteiger partial charge is 0.475 e. The Morgan fingerprint density at radius 1 is 0.944 bits per heavy atom. The highest BCUT2D eigenvalue weighted by molar-refractivity contribution is 5.80. The predicted molar refractivity (Wildman–Crippen MR) is 108 cm³/mol. The molecular formula is C21H21F6N3O6. The van der Waals surface area contributed by atoms with Gasteiger partial charge in [-0.05, 0) is 30.2 Å². The van der Waals surface area contributed by atoms with Crippen LogP contribution in [0.2, 0.25) is 0 Å². The van der Waals surface area contributed by atoms with Crippen molar-refractivity contribution in [2.45, 2.75) is 50.4 Å². The maximum atomic E-state index is 12.4. The molecule has 2 aliphatic heterocycles. The first-order chi connectivity index (χ1) is 16.7. The lowest BCUT2D eigenvalue weighted by atomic mass is 10.1. The lowest BCUT2D eigenvalue weighted by Crippen LogP contribution is -2.36. The first-order valence-corrected chi connectivity index (χ1v) is 10.2. The molecule has 2 saturated heterocycles. The third-order valence-corrected chi connectivity index (χ3v) is 5.28. The van der Waals surface area contributed by atoms with Gasteiger partial charge in [-0.1, -0.05) is 0 Å². The van der Waals surface area contributed by atoms with Crippen molar-refractivity contribution in [1.82, 2.24) is 14.8 Å². The van der Waals surface area contributed by atoms with Crippen LogP contribution in [0.15, 0.2) is 47.5 Å². The van der Waals surface area contributed by atoms with Crippen LogP contribution in [-0.4, -0.2) is 73.8 Å². The summed E-state index contributed by atoms with van der Waals surface area (Å²) >= 11 is 0. The molecule has 2 aromatic heterocycles. The number of likely N-dealkylation sites (tertiary alicyclic amines) is 2. The van der Waals surface area contributed by atoms with Gasteiger partial charge >= 0.3 is 24.3 Å². The lowest BCUT2D eigenvalue weighted by Gasteiger charge is -2.25. The standard InChI is InChI=1S/C17H19N3O2.2C2HF3O2/c21-17-9-16-15(20(17)11-13-1-5-18-6-2-13)3-7-19(16)10-14-4-8-22-12-14;2*3-2(4,5)1(6)7/h1-2,4-6,8,12,15-16H,3,7,9-11H2;2*(H,6,7)/t15-,16+;;/m1../s1. The topological polar surface area (TPSA) is 124 Å². The summed E-state index contributed by atoms with van der Waals surface area (Å²) in [4.78, 5) is 38.7. The van der Waals surface area contributed by atoms with Gasteiger partial charge in [0.2, 0.25) is 5.91 Å². The Morgan fingerprint density at radius 3 is 1.97 bits per heavy atom. The van der Waals surface area contributed by atoms with E-state index in [9.17, 15) is 31.1 Å². The van der Waals surface area contributed by atoms with Crippen molar-refractivity contribution in [1.29, 1.82) is 0 Å². The summed E-state index contributed by atoms with van der Waals surface area (Å²) < 4.78 is 68.6. The number of alkyl halides is 6. The molecule has 36 heavy (non-hydrogen) atoms. The highest BCUT2D eigenvalue weighted by Crippen LogP contribution is 2.34. The average molecular weight is 525 g/mol. The number of pyridine rings is 1. The number of rotatable bonds is 4. The van der Waals surface area contributed by atoms with Crippen molar-refractivity contribution in [3.05, 3.63) is 54.2 Å². The van der Waals surface area contributed by atoms with Gasteiger partial charge in [0.05, 0.1) is 12.5 Å². The number of carbonyl (C=O) groups excluding carboxylic acids is 1. The molecule has 0 radical (unpaired) electrons. The van der Waals surface area contributed by atoms with Gasteiger partial charge < -0.3 is 19.5 Å². The zero-order chi connectivity index (χ0) is 27.1. The number of amides is 1. The Balaban J connectivity index is 0.000000271. The number of hydrogen-bond acceptors (Lipinski definition) is 6. The SMILES string of the molecule is O=C(O)C(F)(F)F.O=C(O)C(F)(F)F.O=C1C[C@H]2[C@@H](CCN2Cc2ccoc2)N1Cc1ccncc1. The molecule has 0 aliphatic carbocycles. The van der Waals surface area contributed by atoms with Crippen molar-refractivity contribution in [3.8, 4) is 0 Å². The minimum atomic E-state index is -5.08. The number of nitrogens with zero attached hydrogens (tertiary/aromatic N) is 3. The normalized spacial score (nSPS) is 19.6. The van der Waals surface area contributed by atoms with Crippen LogP contribution in [0.4, 0.5) is 26.3 Å². The van der Waals surface area contributed by atoms with E-state index in [0.717, 1.165) is 25.1 Å². The second-order valence-corrected chi connectivity index (χ2v) is 7.71. The van der Waals surface area contributed by atoms with Crippen LogP contribution in [0.5, 0.6) is 0 Å². The van der Waals surface area contributed by atoms with Crippen LogP contribution >= 0.6 is 0 Å². The average Bonchev–Trinajstić information content (AvgIpc) is 3.49. The molecule has 2 N–H and O–H groups in total. The van der Waals surface area contributed by atoms with E-state index in [0.29, 0.717) is 25.0 Å². The van der Waals surface area contributed by atoms with Gasteiger partial charge in [0, 0.05) is 56.1 Å². The fourth-order valence-corrected chi connectivity index (χ4v) is 3.71. The van der Waals surface area contributed by atoms with E-state index in [1.54, 1.807) is 24.9 Å². The van der Waals surface area contributed by atoms with Crippen LogP contribution in [-0.2, 0) is 27.5 Å². The van der Waals surface area contributed by atoms with Crippen LogP contribution in [0.3, 0.4) is 0 Å². The van der Waals surface area contributed by atoms with E-state index in [2.05, 4.69) is 14.8 Å². The maximum absolute atomic E-state index is 12.4. The number of carboxylic acids is 2. The fraction of sp³-hybridized carbons (Fsp3) is 0.429. The van der Waals surface area contributed by atoms with Gasteiger partial charge in [-0.2, -0.15) is 26.3 Å². The third-order valence-electron chi connectivity index (χ3n) is 5.28. The van der Waals surface area contributed by atoms with Crippen molar-refractivity contribution in [3.63, 3.8) is 0 Å². The van der Waals surface area contributed by atoms with E-state index >= 15 is 0 Å². The molecule has 198 valence electrons. The molecule has 2 fully saturated rings. The van der Waals surface area contributed by atoms with Gasteiger partial charge in [0.1, 0.15) is 0 Å². The van der Waals surface area contributed by atoms with Gasteiger partial charge in [-0.25, -0.2) is 9.59 Å². The van der Waals surface area contributed by atoms with Gasteiger partial charge in [-0.15, -0.1) is 0 Å². The molecule has 0 unspecified atom stereocenters. The number of aromatic nitrogens is 1. The highest BCUT2D eigenvalue weighted by atomic mass is 19.4. The summed E-state index contributed by atoms with van der Waals surface area (Å²) in [5.74, 6) is -5.25. The molecule has 2 atom stereocenters. The summed E-state index contributed by atoms with van der Waals surface area (Å²) in [7, 11) is 0. The maximum Gasteiger partial charge on any atom is 0.490 e. The molecule has 9 nitrogen and oxygen atoms in total. The molecule has 15 heteroatoms. The molecule has 4 heterocycles. The van der Waals surface area contributed by atoms with Crippen LogP contribution in [0, 0.1) is 0 Å². The van der Waals surface area contributed by atoms with Crippen LogP contribution in [0.1, 0.15) is 24.0 Å². The van der Waals surface area contributed by atoms with Gasteiger partial charge in [0.15, 0.2) is 0 Å². The number of hydrogen-bond donors (Lipinski definition) is 2. The predicted octanol–water partition coefficient (Wildman–Crippen LogP) is 3.32. The first-order valence-electron chi connectivity index (χ1n) is 10.2. The van der Waals surface area contributed by atoms with E-state index in [-0.39, 0.29) is 5.91 Å². The Labute approximate surface area is 199 Å². The van der Waals surface area contributed by atoms with Crippen molar-refractivity contribution in [2.24, 2.45) is 0 Å². The first kappa shape index (κ1) is 28.6. The molecule has 0 aromatic carbocycles. The summed E-state index contributed by atoms with van der Waals surface area (Å²) in [5.41, 5.74) is 2.33. The van der Waals surface area contributed by atoms with E-state index in [4.69, 9.17) is 24.2 Å². The van der Waals surface area contributed by atoms with E-state index in [1.807, 2.05) is 18.2 Å². The summed E-state index contributed by atoms with van der Waals surface area (Å²) in [6.45, 7) is 2.61. The monoisotopic (exact) mass is 525 g/mol. The third kappa shape index (κ3) is 8.25.